The van der Waals surface area contributed by atoms with Crippen LogP contribution in [0.15, 0.2) is 54.6 Å². The Balaban J connectivity index is 1.69. The van der Waals surface area contributed by atoms with Crippen LogP contribution in [0.5, 0.6) is 0 Å². The van der Waals surface area contributed by atoms with Crippen molar-refractivity contribution in [3.8, 4) is 0 Å². The van der Waals surface area contributed by atoms with Crippen LogP contribution in [0, 0.1) is 0 Å². The second-order valence-electron chi connectivity index (χ2n) is 5.60. The number of benzene rings is 2. The lowest BCUT2D eigenvalue weighted by atomic mass is 10.1. The van der Waals surface area contributed by atoms with Crippen molar-refractivity contribution < 1.29 is 14.7 Å². The lowest BCUT2D eigenvalue weighted by molar-refractivity contribution is -0.144. The fourth-order valence-corrected chi connectivity index (χ4v) is 2.91. The molecule has 1 saturated heterocycles. The molecule has 1 atom stereocenters. The molecule has 1 fully saturated rings. The van der Waals surface area contributed by atoms with Gasteiger partial charge in [-0.3, -0.25) is 9.59 Å². The summed E-state index contributed by atoms with van der Waals surface area (Å²) in [7, 11) is 0. The molecule has 2 amide bonds. The number of rotatable bonds is 3. The molecule has 24 heavy (non-hydrogen) atoms. The smallest absolute Gasteiger partial charge is 0.256 e. The Morgan fingerprint density at radius 3 is 2.50 bits per heavy atom. The monoisotopic (exact) mass is 344 g/mol. The van der Waals surface area contributed by atoms with Crippen molar-refractivity contribution >= 4 is 29.1 Å². The highest BCUT2D eigenvalue weighted by atomic mass is 35.5. The van der Waals surface area contributed by atoms with Crippen molar-refractivity contribution in [2.75, 3.05) is 24.5 Å². The topological polar surface area (TPSA) is 60.9 Å². The predicted octanol–water partition coefficient (Wildman–Crippen LogP) is 2.25. The number of aliphatic hydroxyl groups is 1. The van der Waals surface area contributed by atoms with Gasteiger partial charge in [0, 0.05) is 23.8 Å². The molecule has 124 valence electrons. The maximum absolute atomic E-state index is 12.4. The average Bonchev–Trinajstić information content (AvgIpc) is 2.61. The Morgan fingerprint density at radius 2 is 1.83 bits per heavy atom. The van der Waals surface area contributed by atoms with Gasteiger partial charge in [-0.1, -0.05) is 48.0 Å². The quantitative estimate of drug-likeness (QED) is 0.929. The molecule has 0 aliphatic carbocycles. The van der Waals surface area contributed by atoms with E-state index in [1.807, 2.05) is 6.07 Å². The summed E-state index contributed by atoms with van der Waals surface area (Å²) in [6.07, 6.45) is -1.25. The van der Waals surface area contributed by atoms with Crippen LogP contribution in [0.2, 0.25) is 5.02 Å². The summed E-state index contributed by atoms with van der Waals surface area (Å²) in [4.78, 5) is 27.8. The van der Waals surface area contributed by atoms with Crippen molar-refractivity contribution in [2.45, 2.75) is 6.10 Å². The summed E-state index contributed by atoms with van der Waals surface area (Å²) in [5.74, 6) is -0.655. The van der Waals surface area contributed by atoms with E-state index in [9.17, 15) is 14.7 Å². The largest absolute Gasteiger partial charge is 0.378 e. The number of hydrogen-bond acceptors (Lipinski definition) is 3. The first-order valence-corrected chi connectivity index (χ1v) is 8.02. The van der Waals surface area contributed by atoms with Crippen molar-refractivity contribution in [2.24, 2.45) is 0 Å². The van der Waals surface area contributed by atoms with E-state index < -0.39 is 12.0 Å². The SMILES string of the molecule is O=C([C@H](O)c1ccccc1)N1CCN(c2cccc(Cl)c2)C(=O)C1. The Kier molecular flexibility index (Phi) is 4.83. The van der Waals surface area contributed by atoms with Crippen LogP contribution >= 0.6 is 11.6 Å². The zero-order valence-electron chi connectivity index (χ0n) is 12.9. The van der Waals surface area contributed by atoms with E-state index in [1.165, 1.54) is 4.90 Å². The van der Waals surface area contributed by atoms with Crippen LogP contribution in [0.3, 0.4) is 0 Å². The van der Waals surface area contributed by atoms with Crippen LogP contribution in [-0.4, -0.2) is 41.5 Å². The highest BCUT2D eigenvalue weighted by Crippen LogP contribution is 2.23. The van der Waals surface area contributed by atoms with Crippen molar-refractivity contribution in [1.29, 1.82) is 0 Å². The molecule has 2 aromatic rings. The van der Waals surface area contributed by atoms with E-state index in [4.69, 9.17) is 11.6 Å². The summed E-state index contributed by atoms with van der Waals surface area (Å²) in [5.41, 5.74) is 1.23. The molecular formula is C18H17ClN2O3. The van der Waals surface area contributed by atoms with Gasteiger partial charge in [-0.2, -0.15) is 0 Å². The summed E-state index contributed by atoms with van der Waals surface area (Å²) >= 11 is 5.96. The number of carbonyl (C=O) groups excluding carboxylic acids is 2. The summed E-state index contributed by atoms with van der Waals surface area (Å²) in [5, 5.41) is 10.8. The maximum Gasteiger partial charge on any atom is 0.256 e. The minimum atomic E-state index is -1.25. The Hall–Kier alpha value is -2.37. The second kappa shape index (κ2) is 7.03. The van der Waals surface area contributed by atoms with Gasteiger partial charge in [-0.05, 0) is 23.8 Å². The Bertz CT molecular complexity index is 751. The van der Waals surface area contributed by atoms with Gasteiger partial charge >= 0.3 is 0 Å². The second-order valence-corrected chi connectivity index (χ2v) is 6.03. The molecule has 1 N–H and O–H groups in total. The van der Waals surface area contributed by atoms with Crippen LogP contribution in [-0.2, 0) is 9.59 Å². The third-order valence-electron chi connectivity index (χ3n) is 4.00. The summed E-state index contributed by atoms with van der Waals surface area (Å²) in [6, 6.07) is 15.7. The van der Waals surface area contributed by atoms with Gasteiger partial charge in [0.05, 0.1) is 0 Å². The minimum absolute atomic E-state index is 0.0603. The fraction of sp³-hybridized carbons (Fsp3) is 0.222. The van der Waals surface area contributed by atoms with Gasteiger partial charge in [0.1, 0.15) is 6.54 Å². The number of amides is 2. The van der Waals surface area contributed by atoms with Crippen molar-refractivity contribution in [3.63, 3.8) is 0 Å². The van der Waals surface area contributed by atoms with Crippen LogP contribution in [0.4, 0.5) is 5.69 Å². The zero-order valence-corrected chi connectivity index (χ0v) is 13.7. The van der Waals surface area contributed by atoms with Gasteiger partial charge < -0.3 is 14.9 Å². The van der Waals surface area contributed by atoms with E-state index >= 15 is 0 Å². The molecule has 1 aliphatic rings. The molecule has 0 aromatic heterocycles. The molecule has 0 saturated carbocycles. The highest BCUT2D eigenvalue weighted by Gasteiger charge is 2.31. The van der Waals surface area contributed by atoms with Gasteiger partial charge in [-0.25, -0.2) is 0 Å². The van der Waals surface area contributed by atoms with Crippen LogP contribution in [0.25, 0.3) is 0 Å². The number of halogens is 1. The number of anilines is 1. The molecule has 1 aliphatic heterocycles. The number of piperazine rings is 1. The summed E-state index contributed by atoms with van der Waals surface area (Å²) < 4.78 is 0. The first-order chi connectivity index (χ1) is 11.6. The zero-order chi connectivity index (χ0) is 17.1. The van der Waals surface area contributed by atoms with Gasteiger partial charge in [0.2, 0.25) is 5.91 Å². The average molecular weight is 345 g/mol. The normalized spacial score (nSPS) is 16.2. The van der Waals surface area contributed by atoms with E-state index in [2.05, 4.69) is 0 Å². The van der Waals surface area contributed by atoms with Crippen LogP contribution < -0.4 is 4.90 Å². The Morgan fingerprint density at radius 1 is 1.08 bits per heavy atom. The molecular weight excluding hydrogens is 328 g/mol. The molecule has 0 unspecified atom stereocenters. The standard InChI is InChI=1S/C18H17ClN2O3/c19-14-7-4-8-15(11-14)21-10-9-20(12-16(21)22)18(24)17(23)13-5-2-1-3-6-13/h1-8,11,17,23H,9-10,12H2/t17-/m1/s1. The van der Waals surface area contributed by atoms with E-state index in [1.54, 1.807) is 53.4 Å². The van der Waals surface area contributed by atoms with Crippen LogP contribution in [0.1, 0.15) is 11.7 Å². The molecule has 5 nitrogen and oxygen atoms in total. The third-order valence-corrected chi connectivity index (χ3v) is 4.24. The number of carbonyl (C=O) groups is 2. The van der Waals surface area contributed by atoms with Gasteiger partial charge in [-0.15, -0.1) is 0 Å². The maximum atomic E-state index is 12.4. The molecule has 6 heteroatoms. The number of nitrogens with zero attached hydrogens (tertiary/aromatic N) is 2. The van der Waals surface area contributed by atoms with Gasteiger partial charge in [0.15, 0.2) is 6.10 Å². The molecule has 0 spiro atoms. The molecule has 3 rings (SSSR count). The molecule has 1 heterocycles. The number of hydrogen-bond donors (Lipinski definition) is 1. The fourth-order valence-electron chi connectivity index (χ4n) is 2.73. The van der Waals surface area contributed by atoms with E-state index in [0.717, 1.165) is 0 Å². The lowest BCUT2D eigenvalue weighted by Gasteiger charge is -2.35. The van der Waals surface area contributed by atoms with E-state index in [0.29, 0.717) is 29.4 Å². The molecule has 0 radical (unpaired) electrons. The molecule has 2 aromatic carbocycles. The number of aliphatic hydroxyl groups excluding tert-OH is 1. The first-order valence-electron chi connectivity index (χ1n) is 7.64. The molecule has 0 bridgehead atoms. The summed E-state index contributed by atoms with van der Waals surface area (Å²) in [6.45, 7) is 0.669. The first kappa shape index (κ1) is 16.5. The Labute approximate surface area is 145 Å². The predicted molar refractivity (Wildman–Crippen MR) is 91.8 cm³/mol. The van der Waals surface area contributed by atoms with Crippen molar-refractivity contribution in [3.05, 3.63) is 65.2 Å². The minimum Gasteiger partial charge on any atom is -0.378 e. The van der Waals surface area contributed by atoms with E-state index in [-0.39, 0.29) is 12.5 Å². The highest BCUT2D eigenvalue weighted by molar-refractivity contribution is 6.30. The third kappa shape index (κ3) is 3.42. The lowest BCUT2D eigenvalue weighted by Crippen LogP contribution is -2.53. The van der Waals surface area contributed by atoms with Gasteiger partial charge in [0.25, 0.3) is 5.91 Å². The van der Waals surface area contributed by atoms with Crippen molar-refractivity contribution in [1.82, 2.24) is 4.90 Å².